The monoisotopic (exact) mass is 409 g/mol. The van der Waals surface area contributed by atoms with Gasteiger partial charge >= 0.3 is 5.97 Å². The van der Waals surface area contributed by atoms with Crippen LogP contribution in [0.5, 0.6) is 5.75 Å². The predicted molar refractivity (Wildman–Crippen MR) is 114 cm³/mol. The van der Waals surface area contributed by atoms with Crippen molar-refractivity contribution in [1.82, 2.24) is 0 Å². The minimum atomic E-state index is -0.244. The van der Waals surface area contributed by atoms with Gasteiger partial charge in [0.1, 0.15) is 11.4 Å². The standard InChI is InChI=1S/C22H20ClN3O3/c1-29-21(27)12-7-14-5-8-15(9-6-14)17-3-2-4-20(22(17)28)26-25-19-11-10-16(23)13-18(19)24/h2-6,8-11,13,28H,7,12,24H2,1H3. The fraction of sp³-hybridized carbons (Fsp3) is 0.136. The molecule has 0 aromatic heterocycles. The van der Waals surface area contributed by atoms with E-state index in [1.807, 2.05) is 24.3 Å². The molecule has 6 nitrogen and oxygen atoms in total. The van der Waals surface area contributed by atoms with E-state index < -0.39 is 0 Å². The van der Waals surface area contributed by atoms with Crippen molar-refractivity contribution in [1.29, 1.82) is 0 Å². The Morgan fingerprint density at radius 1 is 1.07 bits per heavy atom. The third kappa shape index (κ3) is 5.12. The van der Waals surface area contributed by atoms with E-state index in [0.29, 0.717) is 40.5 Å². The summed E-state index contributed by atoms with van der Waals surface area (Å²) < 4.78 is 4.66. The quantitative estimate of drug-likeness (QED) is 0.304. The number of hydrogen-bond donors (Lipinski definition) is 2. The van der Waals surface area contributed by atoms with E-state index in [-0.39, 0.29) is 11.7 Å². The number of nitrogen functional groups attached to an aromatic ring is 1. The molecular formula is C22H20ClN3O3. The lowest BCUT2D eigenvalue weighted by molar-refractivity contribution is -0.140. The van der Waals surface area contributed by atoms with Crippen LogP contribution in [0.2, 0.25) is 5.02 Å². The van der Waals surface area contributed by atoms with Crippen LogP contribution < -0.4 is 5.73 Å². The van der Waals surface area contributed by atoms with E-state index in [0.717, 1.165) is 11.1 Å². The van der Waals surface area contributed by atoms with E-state index in [1.165, 1.54) is 7.11 Å². The Morgan fingerprint density at radius 3 is 2.48 bits per heavy atom. The van der Waals surface area contributed by atoms with Crippen molar-refractivity contribution < 1.29 is 14.6 Å². The van der Waals surface area contributed by atoms with Gasteiger partial charge in [0.05, 0.1) is 12.8 Å². The second-order valence-corrected chi connectivity index (χ2v) is 6.79. The number of ether oxygens (including phenoxy) is 1. The largest absolute Gasteiger partial charge is 0.505 e. The van der Waals surface area contributed by atoms with Crippen LogP contribution in [0.1, 0.15) is 12.0 Å². The first kappa shape index (κ1) is 20.4. The van der Waals surface area contributed by atoms with Crippen molar-refractivity contribution >= 4 is 34.6 Å². The van der Waals surface area contributed by atoms with Gasteiger partial charge < -0.3 is 15.6 Å². The summed E-state index contributed by atoms with van der Waals surface area (Å²) in [5, 5.41) is 19.4. The summed E-state index contributed by atoms with van der Waals surface area (Å²) in [5.41, 5.74) is 9.54. The number of aromatic hydroxyl groups is 1. The molecule has 3 aromatic carbocycles. The summed E-state index contributed by atoms with van der Waals surface area (Å²) in [5.74, 6) is -0.225. The maximum absolute atomic E-state index is 11.3. The van der Waals surface area contributed by atoms with Gasteiger partial charge in [-0.25, -0.2) is 0 Å². The average molecular weight is 410 g/mol. The summed E-state index contributed by atoms with van der Waals surface area (Å²) in [4.78, 5) is 11.3. The highest BCUT2D eigenvalue weighted by molar-refractivity contribution is 6.31. The Morgan fingerprint density at radius 2 is 1.79 bits per heavy atom. The van der Waals surface area contributed by atoms with E-state index >= 15 is 0 Å². The van der Waals surface area contributed by atoms with Crippen LogP contribution in [0.3, 0.4) is 0 Å². The van der Waals surface area contributed by atoms with Gasteiger partial charge in [0.15, 0.2) is 5.75 Å². The van der Waals surface area contributed by atoms with E-state index in [9.17, 15) is 9.90 Å². The molecule has 3 rings (SSSR count). The molecule has 0 aliphatic rings. The van der Waals surface area contributed by atoms with E-state index in [1.54, 1.807) is 36.4 Å². The zero-order chi connectivity index (χ0) is 20.8. The van der Waals surface area contributed by atoms with E-state index in [2.05, 4.69) is 15.0 Å². The maximum Gasteiger partial charge on any atom is 0.305 e. The van der Waals surface area contributed by atoms with Crippen molar-refractivity contribution in [3.63, 3.8) is 0 Å². The molecule has 0 amide bonds. The zero-order valence-corrected chi connectivity index (χ0v) is 16.6. The number of anilines is 1. The molecule has 0 heterocycles. The minimum Gasteiger partial charge on any atom is -0.505 e. The molecule has 0 spiro atoms. The number of nitrogens with two attached hydrogens (primary N) is 1. The van der Waals surface area contributed by atoms with Gasteiger partial charge in [0, 0.05) is 17.0 Å². The molecule has 29 heavy (non-hydrogen) atoms. The van der Waals surface area contributed by atoms with Gasteiger partial charge in [0.2, 0.25) is 0 Å². The molecule has 0 unspecified atom stereocenters. The number of carbonyl (C=O) groups is 1. The van der Waals surface area contributed by atoms with Crippen LogP contribution in [-0.2, 0) is 16.0 Å². The molecule has 0 saturated heterocycles. The molecule has 0 atom stereocenters. The van der Waals surface area contributed by atoms with Crippen LogP contribution in [0.15, 0.2) is 70.9 Å². The van der Waals surface area contributed by atoms with E-state index in [4.69, 9.17) is 17.3 Å². The fourth-order valence-electron chi connectivity index (χ4n) is 2.77. The predicted octanol–water partition coefficient (Wildman–Crippen LogP) is 5.82. The average Bonchev–Trinajstić information content (AvgIpc) is 2.73. The van der Waals surface area contributed by atoms with Crippen molar-refractivity contribution in [2.24, 2.45) is 10.2 Å². The lowest BCUT2D eigenvalue weighted by atomic mass is 10.0. The van der Waals surface area contributed by atoms with Crippen LogP contribution >= 0.6 is 11.6 Å². The lowest BCUT2D eigenvalue weighted by Crippen LogP contribution is -2.01. The molecule has 0 aliphatic carbocycles. The molecule has 3 aromatic rings. The Balaban J connectivity index is 1.81. The van der Waals surface area contributed by atoms with Crippen molar-refractivity contribution in [2.75, 3.05) is 12.8 Å². The first-order chi connectivity index (χ1) is 14.0. The second-order valence-electron chi connectivity index (χ2n) is 6.35. The molecule has 0 fully saturated rings. The summed E-state index contributed by atoms with van der Waals surface area (Å²) in [6, 6.07) is 17.8. The molecule has 7 heteroatoms. The van der Waals surface area contributed by atoms with Gasteiger partial charge in [-0.05, 0) is 41.8 Å². The summed E-state index contributed by atoms with van der Waals surface area (Å²) in [6.07, 6.45) is 0.917. The van der Waals surface area contributed by atoms with Crippen LogP contribution in [0, 0.1) is 0 Å². The minimum absolute atomic E-state index is 0.0195. The van der Waals surface area contributed by atoms with Crippen LogP contribution in [0.25, 0.3) is 11.1 Å². The molecule has 0 aliphatic heterocycles. The summed E-state index contributed by atoms with van der Waals surface area (Å²) >= 11 is 5.89. The molecule has 148 valence electrons. The van der Waals surface area contributed by atoms with Gasteiger partial charge in [-0.2, -0.15) is 0 Å². The Hall–Kier alpha value is -3.38. The fourth-order valence-corrected chi connectivity index (χ4v) is 2.95. The number of esters is 1. The smallest absolute Gasteiger partial charge is 0.305 e. The van der Waals surface area contributed by atoms with Gasteiger partial charge in [-0.3, -0.25) is 4.79 Å². The molecule has 0 bridgehead atoms. The number of aryl methyl sites for hydroxylation is 1. The topological polar surface area (TPSA) is 97.3 Å². The molecular weight excluding hydrogens is 390 g/mol. The van der Waals surface area contributed by atoms with Gasteiger partial charge in [0.25, 0.3) is 0 Å². The highest BCUT2D eigenvalue weighted by Gasteiger charge is 2.10. The maximum atomic E-state index is 11.3. The van der Waals surface area contributed by atoms with Crippen molar-refractivity contribution in [3.8, 4) is 16.9 Å². The number of rotatable bonds is 6. The molecule has 0 radical (unpaired) electrons. The Bertz CT molecular complexity index is 1050. The highest BCUT2D eigenvalue weighted by Crippen LogP contribution is 2.38. The number of hydrogen-bond acceptors (Lipinski definition) is 6. The van der Waals surface area contributed by atoms with Gasteiger partial charge in [-0.15, -0.1) is 10.2 Å². The number of nitrogens with zero attached hydrogens (tertiary/aromatic N) is 2. The number of phenols is 1. The SMILES string of the molecule is COC(=O)CCc1ccc(-c2cccc(N=Nc3ccc(Cl)cc3N)c2O)cc1. The Labute approximate surface area is 173 Å². The number of carbonyl (C=O) groups excluding carboxylic acids is 1. The number of benzene rings is 3. The molecule has 3 N–H and O–H groups in total. The lowest BCUT2D eigenvalue weighted by Gasteiger charge is -2.08. The number of para-hydroxylation sites is 1. The number of phenolic OH excluding ortho intramolecular Hbond substituents is 1. The number of methoxy groups -OCH3 is 1. The summed E-state index contributed by atoms with van der Waals surface area (Å²) in [7, 11) is 1.37. The van der Waals surface area contributed by atoms with Crippen LogP contribution in [-0.4, -0.2) is 18.2 Å². The highest BCUT2D eigenvalue weighted by atomic mass is 35.5. The third-order valence-corrected chi connectivity index (χ3v) is 4.62. The Kier molecular flexibility index (Phi) is 6.46. The van der Waals surface area contributed by atoms with Crippen LogP contribution in [0.4, 0.5) is 17.1 Å². The van der Waals surface area contributed by atoms with Gasteiger partial charge in [-0.1, -0.05) is 48.0 Å². The number of halogens is 1. The summed E-state index contributed by atoms with van der Waals surface area (Å²) in [6.45, 7) is 0. The second kappa shape index (κ2) is 9.21. The normalized spacial score (nSPS) is 11.0. The first-order valence-corrected chi connectivity index (χ1v) is 9.30. The third-order valence-electron chi connectivity index (χ3n) is 4.38. The van der Waals surface area contributed by atoms with Crippen molar-refractivity contribution in [3.05, 3.63) is 71.2 Å². The molecule has 0 saturated carbocycles. The number of azo groups is 1. The first-order valence-electron chi connectivity index (χ1n) is 8.93. The van der Waals surface area contributed by atoms with Crippen molar-refractivity contribution in [2.45, 2.75) is 12.8 Å². The zero-order valence-electron chi connectivity index (χ0n) is 15.8.